The molecular weight excluding hydrogens is 345 g/mol. The van der Waals surface area contributed by atoms with E-state index in [1.165, 1.54) is 24.3 Å². The van der Waals surface area contributed by atoms with Crippen LogP contribution >= 0.6 is 0 Å². The van der Waals surface area contributed by atoms with Crippen molar-refractivity contribution in [1.82, 2.24) is 14.8 Å². The molecule has 134 valence electrons. The molecule has 0 bridgehead atoms. The molecule has 2 aliphatic heterocycles. The largest absolute Gasteiger partial charge is 0.377 e. The third-order valence-corrected chi connectivity index (χ3v) is 4.83. The van der Waals surface area contributed by atoms with Crippen molar-refractivity contribution in [2.75, 3.05) is 11.9 Å². The van der Waals surface area contributed by atoms with E-state index in [9.17, 15) is 10.6 Å². The van der Waals surface area contributed by atoms with Crippen LogP contribution in [-0.2, 0) is 6.98 Å². The molecule has 0 saturated carbocycles. The SMILES string of the molecule is [2H]C([2H])([2H])n1ncnc1[C@@H]1C2=NCC(=O)c3cccc(c32)N[C@@]1([2H])c1ccc(F)cc1. The van der Waals surface area contributed by atoms with E-state index in [0.717, 1.165) is 11.0 Å². The minimum Gasteiger partial charge on any atom is -0.377 e. The molecule has 7 heteroatoms. The number of ketones is 1. The lowest BCUT2D eigenvalue weighted by molar-refractivity contribution is 0.1000. The van der Waals surface area contributed by atoms with Crippen LogP contribution in [0.25, 0.3) is 0 Å². The number of aromatic nitrogens is 3. The third kappa shape index (κ3) is 2.38. The molecule has 2 aliphatic rings. The summed E-state index contributed by atoms with van der Waals surface area (Å²) in [6.45, 7) is -2.76. The Morgan fingerprint density at radius 3 is 2.96 bits per heavy atom. The number of hydrogen-bond donors (Lipinski definition) is 1. The average Bonchev–Trinajstić information content (AvgIpc) is 3.20. The number of aryl methyl sites for hydroxylation is 1. The Morgan fingerprint density at radius 1 is 1.30 bits per heavy atom. The van der Waals surface area contributed by atoms with Crippen molar-refractivity contribution in [3.8, 4) is 0 Å². The summed E-state index contributed by atoms with van der Waals surface area (Å²) in [5.74, 6) is -1.66. The summed E-state index contributed by atoms with van der Waals surface area (Å²) in [6.07, 6.45) is 1.11. The monoisotopic (exact) mass is 365 g/mol. The Hall–Kier alpha value is -3.35. The molecule has 27 heavy (non-hydrogen) atoms. The highest BCUT2D eigenvalue weighted by atomic mass is 19.1. The number of halogens is 1. The molecule has 0 aliphatic carbocycles. The molecule has 0 spiro atoms. The van der Waals surface area contributed by atoms with E-state index in [2.05, 4.69) is 20.4 Å². The quantitative estimate of drug-likeness (QED) is 0.758. The molecule has 0 amide bonds. The molecule has 2 aromatic carbocycles. The van der Waals surface area contributed by atoms with Gasteiger partial charge in [-0.05, 0) is 23.8 Å². The van der Waals surface area contributed by atoms with Crippen molar-refractivity contribution in [2.45, 2.75) is 11.9 Å². The highest BCUT2D eigenvalue weighted by Crippen LogP contribution is 2.44. The van der Waals surface area contributed by atoms with Crippen LogP contribution < -0.4 is 5.32 Å². The van der Waals surface area contributed by atoms with Crippen LogP contribution in [0.1, 0.15) is 44.7 Å². The van der Waals surface area contributed by atoms with Crippen LogP contribution in [-0.4, -0.2) is 32.8 Å². The number of nitrogens with zero attached hydrogens (tertiary/aromatic N) is 4. The lowest BCUT2D eigenvalue weighted by atomic mass is 9.78. The van der Waals surface area contributed by atoms with Crippen LogP contribution in [0, 0.1) is 5.82 Å². The summed E-state index contributed by atoms with van der Waals surface area (Å²) < 4.78 is 47.3. The zero-order valence-corrected chi connectivity index (χ0v) is 14.0. The summed E-state index contributed by atoms with van der Waals surface area (Å²) in [7, 11) is 0. The number of aliphatic imine (C=N–C) groups is 1. The Kier molecular flexibility index (Phi) is 2.62. The van der Waals surface area contributed by atoms with E-state index in [1.807, 2.05) is 0 Å². The van der Waals surface area contributed by atoms with Crippen LogP contribution in [0.15, 0.2) is 53.8 Å². The third-order valence-electron chi connectivity index (χ3n) is 4.83. The van der Waals surface area contributed by atoms with E-state index < -0.39 is 24.7 Å². The van der Waals surface area contributed by atoms with Gasteiger partial charge in [0, 0.05) is 27.9 Å². The molecule has 6 nitrogen and oxygen atoms in total. The number of Topliss-reactive ketones (excluding diaryl/α,β-unsaturated/α-hetero) is 1. The molecule has 0 fully saturated rings. The number of anilines is 1. The number of nitrogens with one attached hydrogen (secondary N) is 1. The molecule has 0 saturated heterocycles. The second kappa shape index (κ2) is 5.84. The molecule has 3 heterocycles. The first kappa shape index (κ1) is 12.1. The van der Waals surface area contributed by atoms with Gasteiger partial charge in [-0.25, -0.2) is 9.37 Å². The molecular formula is C20H16FN5O. The van der Waals surface area contributed by atoms with Crippen molar-refractivity contribution in [1.29, 1.82) is 0 Å². The predicted molar refractivity (Wildman–Crippen MR) is 98.7 cm³/mol. The molecule has 3 aromatic rings. The zero-order chi connectivity index (χ0) is 22.0. The number of benzene rings is 2. The first-order chi connectivity index (χ1) is 14.7. The number of rotatable bonds is 2. The van der Waals surface area contributed by atoms with Gasteiger partial charge in [-0.2, -0.15) is 5.10 Å². The normalized spacial score (nSPS) is 26.0. The Bertz CT molecular complexity index is 1240. The van der Waals surface area contributed by atoms with Gasteiger partial charge in [-0.1, -0.05) is 24.3 Å². The van der Waals surface area contributed by atoms with Gasteiger partial charge in [0.2, 0.25) is 0 Å². The Balaban J connectivity index is 1.81. The number of carbonyl (C=O) groups is 1. The van der Waals surface area contributed by atoms with Crippen molar-refractivity contribution >= 4 is 17.2 Å². The first-order valence-corrected chi connectivity index (χ1v) is 8.36. The second-order valence-electron chi connectivity index (χ2n) is 6.36. The lowest BCUT2D eigenvalue weighted by Gasteiger charge is -2.37. The van der Waals surface area contributed by atoms with E-state index in [-0.39, 0.29) is 18.2 Å². The number of carbonyl (C=O) groups excluding carboxylic acids is 1. The lowest BCUT2D eigenvalue weighted by Crippen LogP contribution is -2.37. The molecule has 2 atom stereocenters. The maximum absolute atomic E-state index is 13.6. The van der Waals surface area contributed by atoms with Gasteiger partial charge < -0.3 is 5.32 Å². The number of hydrogen-bond acceptors (Lipinski definition) is 5. The molecule has 5 rings (SSSR count). The van der Waals surface area contributed by atoms with Gasteiger partial charge in [0.25, 0.3) is 0 Å². The van der Waals surface area contributed by atoms with Crippen LogP contribution in [0.5, 0.6) is 0 Å². The van der Waals surface area contributed by atoms with Crippen LogP contribution in [0.4, 0.5) is 10.1 Å². The highest BCUT2D eigenvalue weighted by Gasteiger charge is 2.41. The molecule has 1 aromatic heterocycles. The fraction of sp³-hybridized carbons (Fsp3) is 0.200. The van der Waals surface area contributed by atoms with Gasteiger partial charge in [0.05, 0.1) is 19.0 Å². The standard InChI is InChI=1S/C20H16FN5O/c1-26-20(23-10-24-26)17-18(11-5-7-12(21)8-6-11)25-14-4-2-3-13-15(27)9-22-19(17)16(13)14/h2-8,10,17-18,25H,9H2,1H3/t17-,18-/m0/s1/i1D3,18D. The topological polar surface area (TPSA) is 72.2 Å². The minimum atomic E-state index is -2.64. The minimum absolute atomic E-state index is 0.000349. The van der Waals surface area contributed by atoms with Gasteiger partial charge in [0.1, 0.15) is 24.5 Å². The zero-order valence-electron chi connectivity index (χ0n) is 18.0. The smallest absolute Gasteiger partial charge is 0.184 e. The Labute approximate surface area is 160 Å². The first-order valence-electron chi connectivity index (χ1n) is 10.4. The van der Waals surface area contributed by atoms with Crippen LogP contribution in [0.3, 0.4) is 0 Å². The van der Waals surface area contributed by atoms with Gasteiger partial charge in [0.15, 0.2) is 5.78 Å². The van der Waals surface area contributed by atoms with E-state index in [4.69, 9.17) is 4.11 Å². The van der Waals surface area contributed by atoms with Crippen molar-refractivity contribution in [3.63, 3.8) is 0 Å². The summed E-state index contributed by atoms with van der Waals surface area (Å²) in [5, 5.41) is 7.00. The highest BCUT2D eigenvalue weighted by molar-refractivity contribution is 6.21. The molecule has 0 radical (unpaired) electrons. The van der Waals surface area contributed by atoms with E-state index in [1.54, 1.807) is 18.2 Å². The summed E-state index contributed by atoms with van der Waals surface area (Å²) in [5.41, 5.74) is 2.24. The second-order valence-corrected chi connectivity index (χ2v) is 6.36. The van der Waals surface area contributed by atoms with Crippen molar-refractivity contribution in [2.24, 2.45) is 12.0 Å². The summed E-state index contributed by atoms with van der Waals surface area (Å²) in [4.78, 5) is 21.1. The van der Waals surface area contributed by atoms with E-state index >= 15 is 0 Å². The summed E-state index contributed by atoms with van der Waals surface area (Å²) in [6, 6.07) is 8.81. The fourth-order valence-electron chi connectivity index (χ4n) is 3.64. The van der Waals surface area contributed by atoms with Gasteiger partial charge in [-0.3, -0.25) is 14.5 Å². The predicted octanol–water partition coefficient (Wildman–Crippen LogP) is 2.89. The average molecular weight is 365 g/mol. The Morgan fingerprint density at radius 2 is 2.15 bits per heavy atom. The van der Waals surface area contributed by atoms with Gasteiger partial charge >= 0.3 is 0 Å². The van der Waals surface area contributed by atoms with Crippen molar-refractivity contribution in [3.05, 3.63) is 77.1 Å². The fourth-order valence-corrected chi connectivity index (χ4v) is 3.64. The summed E-state index contributed by atoms with van der Waals surface area (Å²) >= 11 is 0. The van der Waals surface area contributed by atoms with E-state index in [0.29, 0.717) is 28.1 Å². The van der Waals surface area contributed by atoms with Crippen molar-refractivity contribution < 1.29 is 14.7 Å². The van der Waals surface area contributed by atoms with Gasteiger partial charge in [-0.15, -0.1) is 0 Å². The van der Waals surface area contributed by atoms with Crippen LogP contribution in [0.2, 0.25) is 0 Å². The maximum atomic E-state index is 13.6. The molecule has 0 unspecified atom stereocenters. The maximum Gasteiger partial charge on any atom is 0.184 e. The molecule has 1 N–H and O–H groups in total.